The summed E-state index contributed by atoms with van der Waals surface area (Å²) in [5.74, 6) is 0. The number of anilines is 3. The summed E-state index contributed by atoms with van der Waals surface area (Å²) in [6, 6.07) is 101. The number of rotatable bonds is 8. The molecule has 0 bridgehead atoms. The lowest BCUT2D eigenvalue weighted by Crippen LogP contribution is -2.28. The average Bonchev–Trinajstić information content (AvgIpc) is 3.72. The fourth-order valence-electron chi connectivity index (χ4n) is 11.3. The molecular formula is C67H45N. The molecule has 0 fully saturated rings. The van der Waals surface area contributed by atoms with Crippen LogP contribution in [0.15, 0.2) is 273 Å². The van der Waals surface area contributed by atoms with Crippen molar-refractivity contribution < 1.29 is 0 Å². The molecule has 0 atom stereocenters. The first-order chi connectivity index (χ1) is 33.7. The SMILES string of the molecule is c1ccc(-c2ccc3cc(N(c4ccc5c(c4)C(c4ccccc4)(c4ccccc4)c4ccccc4-5)c4ccc5c(c4)c(-c4ccccc4)c(-c4ccccc4)c4ccccc45)ccc3c2)cc1. The second kappa shape index (κ2) is 16.3. The standard InChI is InChI=1S/C67H45N/c1-6-20-46(21-7-1)49-34-35-51-43-54(37-36-50(51)42-49)68(56-39-41-60-59-31-18-19-33-63(59)67(64(60)45-56,52-26-12-4-13-27-52)53-28-14-5-15-29-53)55-38-40-58-57-30-16-17-32-61(57)65(47-22-8-2-9-23-47)66(62(58)44-55)48-24-10-3-11-25-48/h1-45H. The minimum absolute atomic E-state index is 0.541. The molecule has 68 heavy (non-hydrogen) atoms. The summed E-state index contributed by atoms with van der Waals surface area (Å²) in [6.45, 7) is 0. The predicted molar refractivity (Wildman–Crippen MR) is 287 cm³/mol. The van der Waals surface area contributed by atoms with E-state index in [9.17, 15) is 0 Å². The van der Waals surface area contributed by atoms with E-state index >= 15 is 0 Å². The Hall–Kier alpha value is -8.78. The number of benzene rings is 12. The summed E-state index contributed by atoms with van der Waals surface area (Å²) in [6.07, 6.45) is 0. The molecule has 318 valence electrons. The van der Waals surface area contributed by atoms with Gasteiger partial charge in [0.1, 0.15) is 0 Å². The van der Waals surface area contributed by atoms with E-state index in [1.165, 1.54) is 99.1 Å². The largest absolute Gasteiger partial charge is 0.310 e. The minimum Gasteiger partial charge on any atom is -0.310 e. The first kappa shape index (κ1) is 39.6. The number of fused-ring (bicyclic) bond motifs is 7. The van der Waals surface area contributed by atoms with Crippen LogP contribution in [-0.2, 0) is 5.41 Å². The van der Waals surface area contributed by atoms with Crippen molar-refractivity contribution in [3.8, 4) is 44.5 Å². The summed E-state index contributed by atoms with van der Waals surface area (Å²) in [7, 11) is 0. The highest BCUT2D eigenvalue weighted by Gasteiger charge is 2.46. The van der Waals surface area contributed by atoms with Crippen molar-refractivity contribution in [1.82, 2.24) is 0 Å². The molecule has 0 saturated carbocycles. The van der Waals surface area contributed by atoms with Gasteiger partial charge < -0.3 is 4.90 Å². The van der Waals surface area contributed by atoms with Gasteiger partial charge in [0.2, 0.25) is 0 Å². The smallest absolute Gasteiger partial charge is 0.0714 e. The molecule has 0 N–H and O–H groups in total. The Bertz CT molecular complexity index is 3780. The topological polar surface area (TPSA) is 3.24 Å². The fourth-order valence-corrected chi connectivity index (χ4v) is 11.3. The molecule has 0 radical (unpaired) electrons. The Labute approximate surface area is 397 Å². The predicted octanol–water partition coefficient (Wildman–Crippen LogP) is 18.0. The van der Waals surface area contributed by atoms with Crippen molar-refractivity contribution in [2.24, 2.45) is 0 Å². The van der Waals surface area contributed by atoms with E-state index in [-0.39, 0.29) is 0 Å². The van der Waals surface area contributed by atoms with Crippen molar-refractivity contribution in [1.29, 1.82) is 0 Å². The fraction of sp³-hybridized carbons (Fsp3) is 0.0149. The molecule has 0 amide bonds. The third-order valence-corrected chi connectivity index (χ3v) is 14.3. The van der Waals surface area contributed by atoms with Crippen LogP contribution in [0.25, 0.3) is 76.8 Å². The highest BCUT2D eigenvalue weighted by molar-refractivity contribution is 6.22. The van der Waals surface area contributed by atoms with Crippen LogP contribution in [0.5, 0.6) is 0 Å². The van der Waals surface area contributed by atoms with Gasteiger partial charge in [-0.2, -0.15) is 0 Å². The van der Waals surface area contributed by atoms with Crippen LogP contribution in [-0.4, -0.2) is 0 Å². The van der Waals surface area contributed by atoms with Crippen molar-refractivity contribution in [3.05, 3.63) is 295 Å². The molecule has 1 nitrogen and oxygen atoms in total. The Morgan fingerprint density at radius 3 is 1.38 bits per heavy atom. The molecule has 0 aliphatic heterocycles. The van der Waals surface area contributed by atoms with E-state index in [0.717, 1.165) is 17.1 Å². The second-order valence-corrected chi connectivity index (χ2v) is 18.0. The third-order valence-electron chi connectivity index (χ3n) is 14.3. The molecule has 0 aromatic heterocycles. The van der Waals surface area contributed by atoms with Crippen molar-refractivity contribution in [2.75, 3.05) is 4.90 Å². The van der Waals surface area contributed by atoms with Gasteiger partial charge in [0.05, 0.1) is 5.41 Å². The summed E-state index contributed by atoms with van der Waals surface area (Å²) in [4.78, 5) is 2.49. The van der Waals surface area contributed by atoms with Gasteiger partial charge >= 0.3 is 0 Å². The van der Waals surface area contributed by atoms with E-state index in [1.807, 2.05) is 0 Å². The van der Waals surface area contributed by atoms with Gasteiger partial charge in [-0.1, -0.05) is 231 Å². The zero-order valence-electron chi connectivity index (χ0n) is 37.4. The van der Waals surface area contributed by atoms with Crippen LogP contribution in [0.2, 0.25) is 0 Å². The summed E-state index contributed by atoms with van der Waals surface area (Å²) < 4.78 is 0. The van der Waals surface area contributed by atoms with Crippen molar-refractivity contribution >= 4 is 49.4 Å². The van der Waals surface area contributed by atoms with E-state index in [2.05, 4.69) is 278 Å². The van der Waals surface area contributed by atoms with E-state index < -0.39 is 5.41 Å². The first-order valence-electron chi connectivity index (χ1n) is 23.6. The maximum atomic E-state index is 2.49. The molecule has 0 unspecified atom stereocenters. The maximum absolute atomic E-state index is 2.49. The Balaban J connectivity index is 1.10. The summed E-state index contributed by atoms with van der Waals surface area (Å²) in [5, 5.41) is 7.31. The Morgan fingerprint density at radius 2 is 0.706 bits per heavy atom. The highest BCUT2D eigenvalue weighted by atomic mass is 15.1. The van der Waals surface area contributed by atoms with Crippen LogP contribution in [0, 0.1) is 0 Å². The molecule has 1 heteroatoms. The molecule has 1 aliphatic carbocycles. The van der Waals surface area contributed by atoms with Crippen LogP contribution >= 0.6 is 0 Å². The Morgan fingerprint density at radius 1 is 0.250 bits per heavy atom. The molecule has 1 aliphatic rings. The van der Waals surface area contributed by atoms with Crippen LogP contribution in [0.4, 0.5) is 17.1 Å². The third kappa shape index (κ3) is 6.32. The minimum atomic E-state index is -0.541. The number of nitrogens with zero attached hydrogens (tertiary/aromatic N) is 1. The zero-order valence-corrected chi connectivity index (χ0v) is 37.4. The zero-order chi connectivity index (χ0) is 45.0. The number of hydrogen-bond donors (Lipinski definition) is 0. The van der Waals surface area contributed by atoms with Gasteiger partial charge in [-0.05, 0) is 142 Å². The molecular weight excluding hydrogens is 819 g/mol. The van der Waals surface area contributed by atoms with Gasteiger partial charge in [-0.15, -0.1) is 0 Å². The van der Waals surface area contributed by atoms with Gasteiger partial charge in [0.15, 0.2) is 0 Å². The van der Waals surface area contributed by atoms with E-state index in [1.54, 1.807) is 0 Å². The quantitative estimate of drug-likeness (QED) is 0.138. The van der Waals surface area contributed by atoms with E-state index in [4.69, 9.17) is 0 Å². The molecule has 12 aromatic rings. The summed E-state index contributed by atoms with van der Waals surface area (Å²) >= 11 is 0. The lowest BCUT2D eigenvalue weighted by atomic mass is 9.67. The van der Waals surface area contributed by atoms with Crippen molar-refractivity contribution in [3.63, 3.8) is 0 Å². The monoisotopic (exact) mass is 863 g/mol. The van der Waals surface area contributed by atoms with Crippen LogP contribution < -0.4 is 4.90 Å². The van der Waals surface area contributed by atoms with Gasteiger partial charge in [0, 0.05) is 17.1 Å². The number of hydrogen-bond acceptors (Lipinski definition) is 1. The van der Waals surface area contributed by atoms with Gasteiger partial charge in [-0.3, -0.25) is 0 Å². The maximum Gasteiger partial charge on any atom is 0.0714 e. The molecule has 0 saturated heterocycles. The Kier molecular flexibility index (Phi) is 9.47. The molecule has 0 heterocycles. The normalized spacial score (nSPS) is 12.5. The van der Waals surface area contributed by atoms with Crippen molar-refractivity contribution in [2.45, 2.75) is 5.41 Å². The lowest BCUT2D eigenvalue weighted by molar-refractivity contribution is 0.768. The average molecular weight is 864 g/mol. The molecule has 12 aromatic carbocycles. The molecule has 0 spiro atoms. The second-order valence-electron chi connectivity index (χ2n) is 18.0. The molecule has 13 rings (SSSR count). The van der Waals surface area contributed by atoms with E-state index in [0.29, 0.717) is 0 Å². The lowest BCUT2D eigenvalue weighted by Gasteiger charge is -2.35. The first-order valence-corrected chi connectivity index (χ1v) is 23.6. The van der Waals surface area contributed by atoms with Gasteiger partial charge in [-0.25, -0.2) is 0 Å². The van der Waals surface area contributed by atoms with Gasteiger partial charge in [0.25, 0.3) is 0 Å². The summed E-state index contributed by atoms with van der Waals surface area (Å²) in [5.41, 5.74) is 17.6. The highest BCUT2D eigenvalue weighted by Crippen LogP contribution is 2.57. The van der Waals surface area contributed by atoms with Crippen LogP contribution in [0.3, 0.4) is 0 Å². The van der Waals surface area contributed by atoms with Crippen LogP contribution in [0.1, 0.15) is 22.3 Å².